The minimum Gasteiger partial charge on any atom is -0.297 e. The number of likely N-dealkylation sites (N-methyl/N-ethyl adjacent to an activating group) is 1. The van der Waals surface area contributed by atoms with Gasteiger partial charge in [0.15, 0.2) is 5.78 Å². The molecule has 0 heterocycles. The van der Waals surface area contributed by atoms with Crippen molar-refractivity contribution in [2.24, 2.45) is 0 Å². The van der Waals surface area contributed by atoms with Crippen LogP contribution in [0.15, 0.2) is 22.7 Å². The van der Waals surface area contributed by atoms with Crippen molar-refractivity contribution >= 4 is 21.7 Å². The fraction of sp³-hybridized carbons (Fsp3) is 0.417. The molecule has 0 aliphatic carbocycles. The predicted octanol–water partition coefficient (Wildman–Crippen LogP) is 3.11. The van der Waals surface area contributed by atoms with Gasteiger partial charge in [-0.1, -0.05) is 6.07 Å². The number of hydrogen-bond donors (Lipinski definition) is 0. The van der Waals surface area contributed by atoms with Crippen LogP contribution in [0.2, 0.25) is 0 Å². The van der Waals surface area contributed by atoms with Gasteiger partial charge in [-0.25, -0.2) is 4.39 Å². The summed E-state index contributed by atoms with van der Waals surface area (Å²) in [5.74, 6) is -0.723. The van der Waals surface area contributed by atoms with E-state index in [1.54, 1.807) is 45.0 Å². The molecule has 1 rings (SSSR count). The summed E-state index contributed by atoms with van der Waals surface area (Å²) < 4.78 is 14.1. The third-order valence-corrected chi connectivity index (χ3v) is 3.48. The van der Waals surface area contributed by atoms with Gasteiger partial charge in [0.25, 0.3) is 0 Å². The Labute approximate surface area is 104 Å². The van der Waals surface area contributed by atoms with Crippen LogP contribution in [0, 0.1) is 5.82 Å². The van der Waals surface area contributed by atoms with Crippen molar-refractivity contribution in [2.75, 3.05) is 14.1 Å². The topological polar surface area (TPSA) is 20.3 Å². The minimum atomic E-state index is -0.721. The number of nitrogens with zero attached hydrogens (tertiary/aromatic N) is 1. The van der Waals surface area contributed by atoms with Gasteiger partial charge in [-0.2, -0.15) is 0 Å². The van der Waals surface area contributed by atoms with Crippen LogP contribution in [0.3, 0.4) is 0 Å². The molecule has 0 bridgehead atoms. The average Bonchev–Trinajstić information content (AvgIpc) is 2.21. The SMILES string of the molecule is CN(C)C(C)(C)C(=O)c1cccc(Br)c1F. The smallest absolute Gasteiger partial charge is 0.185 e. The average molecular weight is 288 g/mol. The predicted molar refractivity (Wildman–Crippen MR) is 66.2 cm³/mol. The second kappa shape index (κ2) is 4.63. The molecule has 0 fully saturated rings. The van der Waals surface area contributed by atoms with E-state index >= 15 is 0 Å². The van der Waals surface area contributed by atoms with E-state index in [1.165, 1.54) is 6.07 Å². The summed E-state index contributed by atoms with van der Waals surface area (Å²) in [4.78, 5) is 14.0. The number of carbonyl (C=O) groups is 1. The van der Waals surface area contributed by atoms with Crippen LogP contribution in [0.1, 0.15) is 24.2 Å². The molecule has 0 unspecified atom stereocenters. The quantitative estimate of drug-likeness (QED) is 0.797. The molecule has 0 saturated heterocycles. The molecule has 0 aliphatic rings. The summed E-state index contributed by atoms with van der Waals surface area (Å²) in [6.07, 6.45) is 0. The van der Waals surface area contributed by atoms with Crippen molar-refractivity contribution in [1.29, 1.82) is 0 Å². The number of carbonyl (C=O) groups excluding carboxylic acids is 1. The van der Waals surface area contributed by atoms with Crippen LogP contribution in [-0.2, 0) is 0 Å². The molecule has 4 heteroatoms. The summed E-state index contributed by atoms with van der Waals surface area (Å²) in [6, 6.07) is 4.74. The van der Waals surface area contributed by atoms with Crippen molar-refractivity contribution in [3.8, 4) is 0 Å². The highest BCUT2D eigenvalue weighted by atomic mass is 79.9. The van der Waals surface area contributed by atoms with E-state index in [9.17, 15) is 9.18 Å². The van der Waals surface area contributed by atoms with Gasteiger partial charge in [0.05, 0.1) is 15.6 Å². The highest BCUT2D eigenvalue weighted by molar-refractivity contribution is 9.10. The molecule has 0 radical (unpaired) electrons. The summed E-state index contributed by atoms with van der Waals surface area (Å²) in [6.45, 7) is 3.55. The fourth-order valence-electron chi connectivity index (χ4n) is 1.21. The molecule has 88 valence electrons. The zero-order valence-corrected chi connectivity index (χ0v) is 11.4. The van der Waals surface area contributed by atoms with Gasteiger partial charge in [-0.15, -0.1) is 0 Å². The van der Waals surface area contributed by atoms with Crippen LogP contribution in [-0.4, -0.2) is 30.3 Å². The maximum absolute atomic E-state index is 13.8. The molecule has 1 aromatic carbocycles. The van der Waals surface area contributed by atoms with Gasteiger partial charge < -0.3 is 0 Å². The number of benzene rings is 1. The Morgan fingerprint density at radius 3 is 2.44 bits per heavy atom. The van der Waals surface area contributed by atoms with E-state index in [1.807, 2.05) is 0 Å². The molecular weight excluding hydrogens is 273 g/mol. The van der Waals surface area contributed by atoms with Gasteiger partial charge in [0.1, 0.15) is 5.82 Å². The van der Waals surface area contributed by atoms with Crippen molar-refractivity contribution < 1.29 is 9.18 Å². The lowest BCUT2D eigenvalue weighted by Crippen LogP contribution is -2.46. The number of hydrogen-bond acceptors (Lipinski definition) is 2. The Bertz CT molecular complexity index is 415. The number of halogens is 2. The lowest BCUT2D eigenvalue weighted by molar-refractivity contribution is 0.0751. The molecule has 0 aromatic heterocycles. The largest absolute Gasteiger partial charge is 0.297 e. The molecule has 0 saturated carbocycles. The molecule has 0 spiro atoms. The first-order valence-electron chi connectivity index (χ1n) is 4.94. The molecular formula is C12H15BrFNO. The van der Waals surface area contributed by atoms with Gasteiger partial charge in [-0.05, 0) is 56.0 Å². The minimum absolute atomic E-state index is 0.119. The third kappa shape index (κ3) is 2.33. The zero-order valence-electron chi connectivity index (χ0n) is 9.84. The zero-order chi connectivity index (χ0) is 12.5. The molecule has 2 nitrogen and oxygen atoms in total. The first-order chi connectivity index (χ1) is 7.28. The fourth-order valence-corrected chi connectivity index (χ4v) is 1.58. The van der Waals surface area contributed by atoms with E-state index < -0.39 is 11.4 Å². The second-order valence-corrected chi connectivity index (χ2v) is 5.24. The Morgan fingerprint density at radius 1 is 1.38 bits per heavy atom. The Morgan fingerprint density at radius 2 is 1.94 bits per heavy atom. The lowest BCUT2D eigenvalue weighted by Gasteiger charge is -2.31. The number of ketones is 1. The maximum atomic E-state index is 13.8. The van der Waals surface area contributed by atoms with E-state index in [0.29, 0.717) is 4.47 Å². The summed E-state index contributed by atoms with van der Waals surface area (Å²) >= 11 is 3.08. The van der Waals surface area contributed by atoms with Crippen molar-refractivity contribution in [1.82, 2.24) is 4.90 Å². The molecule has 0 atom stereocenters. The second-order valence-electron chi connectivity index (χ2n) is 4.38. The monoisotopic (exact) mass is 287 g/mol. The van der Waals surface area contributed by atoms with Crippen LogP contribution in [0.5, 0.6) is 0 Å². The van der Waals surface area contributed by atoms with Crippen molar-refractivity contribution in [2.45, 2.75) is 19.4 Å². The van der Waals surface area contributed by atoms with Gasteiger partial charge in [0.2, 0.25) is 0 Å². The Kier molecular flexibility index (Phi) is 3.86. The first kappa shape index (κ1) is 13.3. The van der Waals surface area contributed by atoms with Gasteiger partial charge >= 0.3 is 0 Å². The van der Waals surface area contributed by atoms with E-state index in [4.69, 9.17) is 0 Å². The molecule has 0 N–H and O–H groups in total. The van der Waals surface area contributed by atoms with E-state index in [0.717, 1.165) is 0 Å². The van der Waals surface area contributed by atoms with Crippen molar-refractivity contribution in [3.63, 3.8) is 0 Å². The van der Waals surface area contributed by atoms with Crippen LogP contribution in [0.4, 0.5) is 4.39 Å². The maximum Gasteiger partial charge on any atom is 0.185 e. The van der Waals surface area contributed by atoms with Gasteiger partial charge in [-0.3, -0.25) is 9.69 Å². The molecule has 16 heavy (non-hydrogen) atoms. The number of Topliss-reactive ketones (excluding diaryl/α,β-unsaturated/α-hetero) is 1. The highest BCUT2D eigenvalue weighted by Gasteiger charge is 2.32. The van der Waals surface area contributed by atoms with Crippen LogP contribution in [0.25, 0.3) is 0 Å². The summed E-state index contributed by atoms with van der Waals surface area (Å²) in [7, 11) is 3.60. The standard InChI is InChI=1S/C12H15BrFNO/c1-12(2,15(3)4)11(16)8-6-5-7-9(13)10(8)14/h5-7H,1-4H3. The highest BCUT2D eigenvalue weighted by Crippen LogP contribution is 2.24. The lowest BCUT2D eigenvalue weighted by atomic mass is 9.92. The summed E-state index contributed by atoms with van der Waals surface area (Å²) in [5, 5.41) is 0. The molecule has 0 amide bonds. The summed E-state index contributed by atoms with van der Waals surface area (Å²) in [5.41, 5.74) is -0.602. The van der Waals surface area contributed by atoms with E-state index in [-0.39, 0.29) is 11.3 Å². The van der Waals surface area contributed by atoms with Crippen LogP contribution < -0.4 is 0 Å². The molecule has 1 aromatic rings. The van der Waals surface area contributed by atoms with Gasteiger partial charge in [0, 0.05) is 0 Å². The molecule has 0 aliphatic heterocycles. The van der Waals surface area contributed by atoms with E-state index in [2.05, 4.69) is 15.9 Å². The third-order valence-electron chi connectivity index (χ3n) is 2.87. The normalized spacial score (nSPS) is 11.9. The Hall–Kier alpha value is -0.740. The van der Waals surface area contributed by atoms with Crippen LogP contribution >= 0.6 is 15.9 Å². The number of rotatable bonds is 3. The first-order valence-corrected chi connectivity index (χ1v) is 5.74. The van der Waals surface area contributed by atoms with Crippen molar-refractivity contribution in [3.05, 3.63) is 34.1 Å². The Balaban J connectivity index is 3.21.